The second kappa shape index (κ2) is 5.55. The van der Waals surface area contributed by atoms with E-state index in [1.165, 1.54) is 12.1 Å². The molecule has 4 nitrogen and oxygen atoms in total. The van der Waals surface area contributed by atoms with Crippen LogP contribution >= 0.6 is 15.9 Å². The van der Waals surface area contributed by atoms with Crippen LogP contribution in [0.1, 0.15) is 0 Å². The molecule has 0 aliphatic rings. The number of anilines is 2. The van der Waals surface area contributed by atoms with E-state index in [0.29, 0.717) is 11.4 Å². The van der Waals surface area contributed by atoms with E-state index in [2.05, 4.69) is 26.6 Å². The van der Waals surface area contributed by atoms with E-state index in [1.807, 2.05) is 12.1 Å². The van der Waals surface area contributed by atoms with Crippen molar-refractivity contribution >= 4 is 33.3 Å². The van der Waals surface area contributed by atoms with Gasteiger partial charge in [-0.1, -0.05) is 22.0 Å². The molecule has 0 saturated heterocycles. The summed E-state index contributed by atoms with van der Waals surface area (Å²) in [7, 11) is 0. The molecular weight excluding hydrogens is 296 g/mol. The van der Waals surface area contributed by atoms with Crippen molar-refractivity contribution in [3.8, 4) is 5.75 Å². The fourth-order valence-corrected chi connectivity index (χ4v) is 1.67. The van der Waals surface area contributed by atoms with Crippen molar-refractivity contribution in [1.29, 1.82) is 0 Å². The van der Waals surface area contributed by atoms with Crippen molar-refractivity contribution in [3.63, 3.8) is 0 Å². The van der Waals surface area contributed by atoms with Crippen LogP contribution in [-0.2, 0) is 0 Å². The van der Waals surface area contributed by atoms with Gasteiger partial charge in [-0.15, -0.1) is 0 Å². The average molecular weight is 307 g/mol. The van der Waals surface area contributed by atoms with Crippen LogP contribution in [-0.4, -0.2) is 11.1 Å². The number of nitrogens with one attached hydrogen (secondary N) is 2. The number of phenols is 1. The van der Waals surface area contributed by atoms with Gasteiger partial charge in [0, 0.05) is 21.9 Å². The van der Waals surface area contributed by atoms with Crippen molar-refractivity contribution < 1.29 is 9.90 Å². The lowest BCUT2D eigenvalue weighted by molar-refractivity contribution is 0.262. The Kier molecular flexibility index (Phi) is 3.84. The first kappa shape index (κ1) is 12.4. The second-order valence-corrected chi connectivity index (χ2v) is 4.55. The number of aromatic hydroxyl groups is 1. The molecule has 0 aromatic heterocycles. The molecule has 0 aliphatic carbocycles. The Morgan fingerprint density at radius 2 is 1.67 bits per heavy atom. The van der Waals surface area contributed by atoms with Gasteiger partial charge in [0.2, 0.25) is 0 Å². The predicted octanol–water partition coefficient (Wildman–Crippen LogP) is 3.80. The molecule has 2 amide bonds. The molecule has 2 aromatic carbocycles. The highest BCUT2D eigenvalue weighted by Crippen LogP contribution is 2.17. The molecule has 0 radical (unpaired) electrons. The molecule has 0 saturated carbocycles. The monoisotopic (exact) mass is 306 g/mol. The van der Waals surface area contributed by atoms with Gasteiger partial charge in [0.15, 0.2) is 0 Å². The van der Waals surface area contributed by atoms with Crippen LogP contribution in [0.4, 0.5) is 16.2 Å². The normalized spacial score (nSPS) is 9.83. The molecule has 3 N–H and O–H groups in total. The molecule has 0 heterocycles. The zero-order valence-corrected chi connectivity index (χ0v) is 10.9. The first-order valence-corrected chi connectivity index (χ1v) is 6.05. The maximum absolute atomic E-state index is 11.7. The summed E-state index contributed by atoms with van der Waals surface area (Å²) >= 11 is 3.32. The average Bonchev–Trinajstić information content (AvgIpc) is 2.32. The third-order valence-corrected chi connectivity index (χ3v) is 2.73. The highest BCUT2D eigenvalue weighted by molar-refractivity contribution is 9.10. The molecule has 0 bridgehead atoms. The summed E-state index contributed by atoms with van der Waals surface area (Å²) in [6.45, 7) is 0. The van der Waals surface area contributed by atoms with Gasteiger partial charge in [0.1, 0.15) is 5.75 Å². The number of benzene rings is 2. The van der Waals surface area contributed by atoms with Gasteiger partial charge in [0.05, 0.1) is 0 Å². The Labute approximate surface area is 113 Å². The SMILES string of the molecule is O=C(Nc1ccc(Br)cc1)Nc1cccc(O)c1. The number of halogens is 1. The molecule has 0 atom stereocenters. The van der Waals surface area contributed by atoms with E-state index in [9.17, 15) is 9.90 Å². The molecule has 2 rings (SSSR count). The van der Waals surface area contributed by atoms with Crippen LogP contribution in [0.2, 0.25) is 0 Å². The second-order valence-electron chi connectivity index (χ2n) is 3.64. The first-order chi connectivity index (χ1) is 8.63. The van der Waals surface area contributed by atoms with Gasteiger partial charge in [-0.05, 0) is 36.4 Å². The lowest BCUT2D eigenvalue weighted by atomic mass is 10.3. The predicted molar refractivity (Wildman–Crippen MR) is 74.9 cm³/mol. The van der Waals surface area contributed by atoms with E-state index < -0.39 is 0 Å². The summed E-state index contributed by atoms with van der Waals surface area (Å²) in [5, 5.41) is 14.6. The molecule has 0 aliphatic heterocycles. The molecule has 92 valence electrons. The third-order valence-electron chi connectivity index (χ3n) is 2.21. The van der Waals surface area contributed by atoms with Crippen LogP contribution in [0.25, 0.3) is 0 Å². The molecular formula is C13H11BrN2O2. The molecule has 0 unspecified atom stereocenters. The minimum absolute atomic E-state index is 0.108. The zero-order chi connectivity index (χ0) is 13.0. The number of hydrogen-bond donors (Lipinski definition) is 3. The van der Waals surface area contributed by atoms with Gasteiger partial charge < -0.3 is 15.7 Å². The maximum Gasteiger partial charge on any atom is 0.323 e. The number of hydrogen-bond acceptors (Lipinski definition) is 2. The first-order valence-electron chi connectivity index (χ1n) is 5.26. The Bertz CT molecular complexity index is 555. The number of rotatable bonds is 2. The van der Waals surface area contributed by atoms with Crippen molar-refractivity contribution in [3.05, 3.63) is 53.0 Å². The minimum Gasteiger partial charge on any atom is -0.508 e. The summed E-state index contributed by atoms with van der Waals surface area (Å²) in [5.74, 6) is 0.108. The topological polar surface area (TPSA) is 61.4 Å². The lowest BCUT2D eigenvalue weighted by Gasteiger charge is -2.07. The Morgan fingerprint density at radius 3 is 2.33 bits per heavy atom. The van der Waals surface area contributed by atoms with Gasteiger partial charge in [-0.25, -0.2) is 4.79 Å². The fraction of sp³-hybridized carbons (Fsp3) is 0. The summed E-state index contributed by atoms with van der Waals surface area (Å²) in [4.78, 5) is 11.7. The summed E-state index contributed by atoms with van der Waals surface area (Å²) < 4.78 is 0.946. The lowest BCUT2D eigenvalue weighted by Crippen LogP contribution is -2.19. The number of phenolic OH excluding ortho intramolecular Hbond substituents is 1. The maximum atomic E-state index is 11.7. The zero-order valence-electron chi connectivity index (χ0n) is 9.35. The quantitative estimate of drug-likeness (QED) is 0.790. The van der Waals surface area contributed by atoms with Gasteiger partial charge >= 0.3 is 6.03 Å². The van der Waals surface area contributed by atoms with Crippen LogP contribution in [0.5, 0.6) is 5.75 Å². The highest BCUT2D eigenvalue weighted by atomic mass is 79.9. The number of amides is 2. The highest BCUT2D eigenvalue weighted by Gasteiger charge is 2.02. The van der Waals surface area contributed by atoms with Gasteiger partial charge in [-0.2, -0.15) is 0 Å². The number of carbonyl (C=O) groups is 1. The molecule has 5 heteroatoms. The fourth-order valence-electron chi connectivity index (χ4n) is 1.41. The van der Waals surface area contributed by atoms with E-state index >= 15 is 0 Å². The summed E-state index contributed by atoms with van der Waals surface area (Å²) in [6.07, 6.45) is 0. The molecule has 18 heavy (non-hydrogen) atoms. The van der Waals surface area contributed by atoms with E-state index in [-0.39, 0.29) is 11.8 Å². The minimum atomic E-state index is -0.358. The van der Waals surface area contributed by atoms with Crippen molar-refractivity contribution in [1.82, 2.24) is 0 Å². The summed E-state index contributed by atoms with van der Waals surface area (Å²) in [5.41, 5.74) is 1.22. The van der Waals surface area contributed by atoms with E-state index in [4.69, 9.17) is 0 Å². The largest absolute Gasteiger partial charge is 0.508 e. The van der Waals surface area contributed by atoms with Gasteiger partial charge in [0.25, 0.3) is 0 Å². The van der Waals surface area contributed by atoms with Crippen LogP contribution in [0, 0.1) is 0 Å². The van der Waals surface area contributed by atoms with Crippen molar-refractivity contribution in [2.45, 2.75) is 0 Å². The molecule has 0 spiro atoms. The number of urea groups is 1. The van der Waals surface area contributed by atoms with Crippen LogP contribution < -0.4 is 10.6 Å². The van der Waals surface area contributed by atoms with Gasteiger partial charge in [-0.3, -0.25) is 0 Å². The standard InChI is InChI=1S/C13H11BrN2O2/c14-9-4-6-10(7-5-9)15-13(18)16-11-2-1-3-12(17)8-11/h1-8,17H,(H2,15,16,18). The van der Waals surface area contributed by atoms with Crippen LogP contribution in [0.3, 0.4) is 0 Å². The van der Waals surface area contributed by atoms with Crippen molar-refractivity contribution in [2.24, 2.45) is 0 Å². The van der Waals surface area contributed by atoms with E-state index in [0.717, 1.165) is 4.47 Å². The number of carbonyl (C=O) groups excluding carboxylic acids is 1. The van der Waals surface area contributed by atoms with Crippen molar-refractivity contribution in [2.75, 3.05) is 10.6 Å². The van der Waals surface area contributed by atoms with Crippen LogP contribution in [0.15, 0.2) is 53.0 Å². The Hall–Kier alpha value is -2.01. The van der Waals surface area contributed by atoms with E-state index in [1.54, 1.807) is 24.3 Å². The Morgan fingerprint density at radius 1 is 1.00 bits per heavy atom. The smallest absolute Gasteiger partial charge is 0.323 e. The molecule has 0 fully saturated rings. The Balaban J connectivity index is 1.98. The molecule has 2 aromatic rings. The third kappa shape index (κ3) is 3.49. The summed E-state index contributed by atoms with van der Waals surface area (Å²) in [6, 6.07) is 13.2.